The maximum Gasteiger partial charge on any atom is 0.326 e. The number of hydrogen-bond acceptors (Lipinski definition) is 4. The first-order valence-corrected chi connectivity index (χ1v) is 8.49. The summed E-state index contributed by atoms with van der Waals surface area (Å²) in [6, 6.07) is 4.07. The number of nitrogens with zero attached hydrogens (tertiary/aromatic N) is 1. The minimum absolute atomic E-state index is 0.0487. The Morgan fingerprint density at radius 2 is 1.91 bits per heavy atom. The second kappa shape index (κ2) is 5.06. The highest BCUT2D eigenvalue weighted by Gasteiger charge is 2.36. The molecule has 1 aliphatic rings. The van der Waals surface area contributed by atoms with Gasteiger partial charge in [0.2, 0.25) is 10.0 Å². The minimum Gasteiger partial charge on any atom is -0.307 e. The smallest absolute Gasteiger partial charge is 0.307 e. The van der Waals surface area contributed by atoms with Crippen molar-refractivity contribution in [3.8, 4) is 0 Å². The zero-order valence-corrected chi connectivity index (χ0v) is 13.1. The van der Waals surface area contributed by atoms with Gasteiger partial charge in [0.15, 0.2) is 0 Å². The number of aromatic amines is 2. The van der Waals surface area contributed by atoms with Crippen LogP contribution in [0.1, 0.15) is 19.8 Å². The molecule has 1 aromatic heterocycles. The second-order valence-corrected chi connectivity index (χ2v) is 7.71. The van der Waals surface area contributed by atoms with Gasteiger partial charge in [-0.15, -0.1) is 0 Å². The van der Waals surface area contributed by atoms with Gasteiger partial charge >= 0.3 is 5.69 Å². The van der Waals surface area contributed by atoms with Gasteiger partial charge in [0.05, 0.1) is 15.8 Å². The number of rotatable bonds is 4. The van der Waals surface area contributed by atoms with Crippen molar-refractivity contribution in [1.29, 1.82) is 0 Å². The highest BCUT2D eigenvalue weighted by molar-refractivity contribution is 7.89. The maximum atomic E-state index is 12.7. The fraction of sp³-hybridized carbons (Fsp3) is 0.429. The first-order valence-electron chi connectivity index (χ1n) is 7.05. The molecule has 1 saturated carbocycles. The Bertz CT molecular complexity index is 940. The number of fused-ring (bicyclic) bond motifs is 1. The normalized spacial score (nSPS) is 17.0. The third kappa shape index (κ3) is 2.48. The second-order valence-electron chi connectivity index (χ2n) is 5.71. The Morgan fingerprint density at radius 1 is 1.23 bits per heavy atom. The molecular weight excluding hydrogens is 306 g/mol. The van der Waals surface area contributed by atoms with Crippen LogP contribution in [0.25, 0.3) is 10.9 Å². The highest BCUT2D eigenvalue weighted by Crippen LogP contribution is 2.36. The fourth-order valence-corrected chi connectivity index (χ4v) is 4.01. The molecule has 118 valence electrons. The summed E-state index contributed by atoms with van der Waals surface area (Å²) in [5.41, 5.74) is -0.910. The summed E-state index contributed by atoms with van der Waals surface area (Å²) in [6.45, 7) is 1.89. The molecule has 0 amide bonds. The van der Waals surface area contributed by atoms with Crippen molar-refractivity contribution in [2.75, 3.05) is 7.05 Å². The molecule has 7 nitrogen and oxygen atoms in total. The summed E-state index contributed by atoms with van der Waals surface area (Å²) < 4.78 is 26.7. The summed E-state index contributed by atoms with van der Waals surface area (Å²) >= 11 is 0. The molecule has 0 radical (unpaired) electrons. The van der Waals surface area contributed by atoms with Crippen molar-refractivity contribution >= 4 is 20.9 Å². The molecule has 1 atom stereocenters. The van der Waals surface area contributed by atoms with Crippen LogP contribution < -0.4 is 11.2 Å². The van der Waals surface area contributed by atoms with E-state index in [1.807, 2.05) is 6.92 Å². The van der Waals surface area contributed by atoms with Gasteiger partial charge < -0.3 is 4.98 Å². The van der Waals surface area contributed by atoms with E-state index in [2.05, 4.69) is 9.97 Å². The zero-order chi connectivity index (χ0) is 16.1. The van der Waals surface area contributed by atoms with Gasteiger partial charge in [-0.3, -0.25) is 9.78 Å². The van der Waals surface area contributed by atoms with E-state index in [0.29, 0.717) is 11.4 Å². The molecular formula is C14H17N3O4S. The van der Waals surface area contributed by atoms with Crippen LogP contribution >= 0.6 is 0 Å². The lowest BCUT2D eigenvalue weighted by Gasteiger charge is -2.24. The van der Waals surface area contributed by atoms with Crippen LogP contribution in [0.3, 0.4) is 0 Å². The minimum atomic E-state index is -3.67. The van der Waals surface area contributed by atoms with Gasteiger partial charge in [0.1, 0.15) is 0 Å². The summed E-state index contributed by atoms with van der Waals surface area (Å²) in [5, 5.41) is 0.146. The standard InChI is InChI=1S/C14H17N3O4S/c1-8(9-3-4-9)17(2)22(20,21)10-5-6-12-11(7-10)13(18)16-14(19)15-12/h5-9H,3-4H2,1-2H3,(H2,15,16,18,19). The zero-order valence-electron chi connectivity index (χ0n) is 12.3. The van der Waals surface area contributed by atoms with Crippen LogP contribution in [-0.2, 0) is 10.0 Å². The van der Waals surface area contributed by atoms with Gasteiger partial charge in [0, 0.05) is 13.1 Å². The van der Waals surface area contributed by atoms with Gasteiger partial charge in [-0.05, 0) is 43.9 Å². The van der Waals surface area contributed by atoms with Crippen molar-refractivity contribution in [3.63, 3.8) is 0 Å². The van der Waals surface area contributed by atoms with E-state index >= 15 is 0 Å². The highest BCUT2D eigenvalue weighted by atomic mass is 32.2. The van der Waals surface area contributed by atoms with Crippen LogP contribution in [0.4, 0.5) is 0 Å². The lowest BCUT2D eigenvalue weighted by molar-refractivity contribution is 0.357. The Morgan fingerprint density at radius 3 is 2.55 bits per heavy atom. The third-order valence-corrected chi connectivity index (χ3v) is 6.21. The molecule has 1 unspecified atom stereocenters. The molecule has 0 bridgehead atoms. The van der Waals surface area contributed by atoms with Gasteiger partial charge in [0.25, 0.3) is 5.56 Å². The molecule has 22 heavy (non-hydrogen) atoms. The summed E-state index contributed by atoms with van der Waals surface area (Å²) in [7, 11) is -2.12. The Balaban J connectivity index is 2.09. The molecule has 0 aliphatic heterocycles. The van der Waals surface area contributed by atoms with Gasteiger partial charge in [-0.2, -0.15) is 4.31 Å². The largest absolute Gasteiger partial charge is 0.326 e. The SMILES string of the molecule is CC(C1CC1)N(C)S(=O)(=O)c1ccc2[nH]c(=O)[nH]c(=O)c2c1. The Hall–Kier alpha value is -1.93. The van der Waals surface area contributed by atoms with E-state index in [0.717, 1.165) is 12.8 Å². The third-order valence-electron chi connectivity index (χ3n) is 4.27. The molecule has 2 aromatic rings. The van der Waals surface area contributed by atoms with Crippen LogP contribution in [0.5, 0.6) is 0 Å². The summed E-state index contributed by atoms with van der Waals surface area (Å²) in [5.74, 6) is 0.403. The number of benzene rings is 1. The number of nitrogens with one attached hydrogen (secondary N) is 2. The van der Waals surface area contributed by atoms with Gasteiger partial charge in [-0.1, -0.05) is 0 Å². The lowest BCUT2D eigenvalue weighted by atomic mass is 10.2. The number of H-pyrrole nitrogens is 2. The predicted molar refractivity (Wildman–Crippen MR) is 82.3 cm³/mol. The molecule has 1 fully saturated rings. The van der Waals surface area contributed by atoms with Crippen molar-refractivity contribution in [2.24, 2.45) is 5.92 Å². The molecule has 2 N–H and O–H groups in total. The quantitative estimate of drug-likeness (QED) is 0.861. The average molecular weight is 323 g/mol. The predicted octanol–water partition coefficient (Wildman–Crippen LogP) is 0.635. The topological polar surface area (TPSA) is 103 Å². The first-order chi connectivity index (χ1) is 10.3. The van der Waals surface area contributed by atoms with E-state index in [9.17, 15) is 18.0 Å². The van der Waals surface area contributed by atoms with Crippen molar-refractivity contribution < 1.29 is 8.42 Å². The molecule has 1 aromatic carbocycles. The molecule has 3 rings (SSSR count). The van der Waals surface area contributed by atoms with Crippen LogP contribution in [-0.4, -0.2) is 35.8 Å². The van der Waals surface area contributed by atoms with Crippen LogP contribution in [0.2, 0.25) is 0 Å². The molecule has 8 heteroatoms. The summed E-state index contributed by atoms with van der Waals surface area (Å²) in [4.78, 5) is 27.7. The van der Waals surface area contributed by atoms with E-state index in [1.54, 1.807) is 7.05 Å². The number of aromatic nitrogens is 2. The first kappa shape index (κ1) is 15.0. The van der Waals surface area contributed by atoms with Crippen molar-refractivity contribution in [3.05, 3.63) is 39.0 Å². The average Bonchev–Trinajstić information content (AvgIpc) is 3.29. The Labute approximate surface area is 127 Å². The fourth-order valence-electron chi connectivity index (χ4n) is 2.57. The molecule has 0 saturated heterocycles. The monoisotopic (exact) mass is 323 g/mol. The maximum absolute atomic E-state index is 12.7. The van der Waals surface area contributed by atoms with E-state index in [1.165, 1.54) is 22.5 Å². The number of sulfonamides is 1. The number of hydrogen-bond donors (Lipinski definition) is 2. The van der Waals surface area contributed by atoms with E-state index in [-0.39, 0.29) is 16.3 Å². The molecule has 1 aliphatic carbocycles. The lowest BCUT2D eigenvalue weighted by Crippen LogP contribution is -2.36. The molecule has 1 heterocycles. The molecule has 0 spiro atoms. The van der Waals surface area contributed by atoms with Crippen molar-refractivity contribution in [2.45, 2.75) is 30.7 Å². The van der Waals surface area contributed by atoms with Gasteiger partial charge in [-0.25, -0.2) is 13.2 Å². The van der Waals surface area contributed by atoms with Crippen LogP contribution in [0, 0.1) is 5.92 Å². The van der Waals surface area contributed by atoms with Crippen LogP contribution in [0.15, 0.2) is 32.7 Å². The van der Waals surface area contributed by atoms with E-state index < -0.39 is 21.3 Å². The van der Waals surface area contributed by atoms with Crippen molar-refractivity contribution in [1.82, 2.24) is 14.3 Å². The Kier molecular flexibility index (Phi) is 3.45. The summed E-state index contributed by atoms with van der Waals surface area (Å²) in [6.07, 6.45) is 2.08. The van der Waals surface area contributed by atoms with E-state index in [4.69, 9.17) is 0 Å².